The molecule has 0 bridgehead atoms. The highest BCUT2D eigenvalue weighted by molar-refractivity contribution is 6.65. The Kier molecular flexibility index (Phi) is 3.14. The molecule has 0 rings (SSSR count). The van der Waals surface area contributed by atoms with Crippen LogP contribution in [0.5, 0.6) is 0 Å². The normalized spacial score (nSPS) is 12.2. The summed E-state index contributed by atoms with van der Waals surface area (Å²) in [6.07, 6.45) is 0.845. The molecule has 0 unspecified atom stereocenters. The fourth-order valence-corrected chi connectivity index (χ4v) is 0.158. The van der Waals surface area contributed by atoms with Crippen molar-refractivity contribution >= 4 is 16.8 Å². The first-order chi connectivity index (χ1) is 2.81. The highest BCUT2D eigenvalue weighted by Crippen LogP contribution is 1.87. The molecule has 0 aromatic carbocycles. The van der Waals surface area contributed by atoms with Crippen LogP contribution in [0.2, 0.25) is 0 Å². The molecule has 1 nitrogen and oxygen atoms in total. The molecule has 0 radical (unpaired) electrons. The maximum Gasteiger partial charge on any atom is 0.0996 e. The van der Waals surface area contributed by atoms with Crippen LogP contribution in [0.15, 0.2) is 4.99 Å². The minimum absolute atomic E-state index is 0.690. The summed E-state index contributed by atoms with van der Waals surface area (Å²) >= 11 is 5.40. The molecule has 0 saturated heterocycles. The quantitative estimate of drug-likeness (QED) is 0.450. The lowest BCUT2D eigenvalue weighted by Gasteiger charge is -1.80. The number of hydrogen-bond acceptors (Lipinski definition) is 1. The van der Waals surface area contributed by atoms with E-state index in [1.807, 2.05) is 6.92 Å². The second-order valence-electron chi connectivity index (χ2n) is 0.953. The smallest absolute Gasteiger partial charge is 0.0996 e. The van der Waals surface area contributed by atoms with Crippen molar-refractivity contribution in [1.29, 1.82) is 0 Å². The summed E-state index contributed by atoms with van der Waals surface area (Å²) in [6.45, 7) is 1.97. The van der Waals surface area contributed by atoms with E-state index in [4.69, 9.17) is 11.6 Å². The number of aliphatic imine (C=N–C) groups is 1. The number of nitrogens with zero attached hydrogens (tertiary/aromatic N) is 1. The van der Waals surface area contributed by atoms with Gasteiger partial charge in [0, 0.05) is 7.05 Å². The van der Waals surface area contributed by atoms with E-state index in [9.17, 15) is 0 Å². The van der Waals surface area contributed by atoms with Crippen LogP contribution in [0.4, 0.5) is 0 Å². The van der Waals surface area contributed by atoms with E-state index in [1.165, 1.54) is 0 Å². The van der Waals surface area contributed by atoms with Gasteiger partial charge in [-0.3, -0.25) is 4.99 Å². The molecule has 0 aliphatic carbocycles. The molecule has 0 heterocycles. The van der Waals surface area contributed by atoms with Crippen LogP contribution in [-0.2, 0) is 0 Å². The van der Waals surface area contributed by atoms with Crippen LogP contribution in [0.1, 0.15) is 13.3 Å². The zero-order valence-electron chi connectivity index (χ0n) is 4.03. The molecule has 0 fully saturated rings. The predicted octanol–water partition coefficient (Wildman–Crippen LogP) is 1.66. The van der Waals surface area contributed by atoms with Crippen molar-refractivity contribution in [3.63, 3.8) is 0 Å². The standard InChI is InChI=1S/C4H8ClN/c1-3-4(5)6-2/h3H2,1-2H3. The van der Waals surface area contributed by atoms with Gasteiger partial charge in [-0.1, -0.05) is 18.5 Å². The van der Waals surface area contributed by atoms with E-state index in [1.54, 1.807) is 7.05 Å². The number of hydrogen-bond donors (Lipinski definition) is 0. The summed E-state index contributed by atoms with van der Waals surface area (Å²) < 4.78 is 0. The van der Waals surface area contributed by atoms with E-state index >= 15 is 0 Å². The van der Waals surface area contributed by atoms with Gasteiger partial charge in [0.1, 0.15) is 0 Å². The Morgan fingerprint density at radius 2 is 2.33 bits per heavy atom. The molecule has 0 spiro atoms. The molecule has 2 heteroatoms. The average Bonchev–Trinajstić information content (AvgIpc) is 1.65. The maximum atomic E-state index is 5.40. The third-order valence-corrected chi connectivity index (χ3v) is 0.971. The molecular weight excluding hydrogens is 97.5 g/mol. The van der Waals surface area contributed by atoms with Crippen molar-refractivity contribution < 1.29 is 0 Å². The Morgan fingerprint density at radius 3 is 2.33 bits per heavy atom. The third kappa shape index (κ3) is 2.21. The van der Waals surface area contributed by atoms with Crippen LogP contribution >= 0.6 is 11.6 Å². The fraction of sp³-hybridized carbons (Fsp3) is 0.750. The largest absolute Gasteiger partial charge is 0.281 e. The lowest BCUT2D eigenvalue weighted by atomic mass is 10.5. The molecule has 0 aliphatic rings. The number of rotatable bonds is 1. The van der Waals surface area contributed by atoms with Crippen LogP contribution in [0.3, 0.4) is 0 Å². The van der Waals surface area contributed by atoms with Crippen molar-refractivity contribution in [3.05, 3.63) is 0 Å². The summed E-state index contributed by atoms with van der Waals surface area (Å²) in [5, 5.41) is 0.690. The second kappa shape index (κ2) is 3.16. The molecule has 0 saturated carbocycles. The van der Waals surface area contributed by atoms with Gasteiger partial charge >= 0.3 is 0 Å². The predicted molar refractivity (Wildman–Crippen MR) is 29.5 cm³/mol. The van der Waals surface area contributed by atoms with Gasteiger partial charge in [-0.05, 0) is 6.42 Å². The summed E-state index contributed by atoms with van der Waals surface area (Å²) in [5.74, 6) is 0. The molecule has 0 aromatic heterocycles. The van der Waals surface area contributed by atoms with Crippen molar-refractivity contribution in [2.45, 2.75) is 13.3 Å². The molecule has 0 atom stereocenters. The minimum atomic E-state index is 0.690. The van der Waals surface area contributed by atoms with E-state index < -0.39 is 0 Å². The first-order valence-electron chi connectivity index (χ1n) is 1.92. The summed E-state index contributed by atoms with van der Waals surface area (Å²) in [5.41, 5.74) is 0. The summed E-state index contributed by atoms with van der Waals surface area (Å²) in [4.78, 5) is 3.69. The third-order valence-electron chi connectivity index (χ3n) is 0.534. The van der Waals surface area contributed by atoms with Gasteiger partial charge in [-0.25, -0.2) is 0 Å². The fourth-order valence-electron chi connectivity index (χ4n) is 0.158. The van der Waals surface area contributed by atoms with Gasteiger partial charge in [0.2, 0.25) is 0 Å². The van der Waals surface area contributed by atoms with E-state index in [0.29, 0.717) is 5.17 Å². The van der Waals surface area contributed by atoms with E-state index in [2.05, 4.69) is 4.99 Å². The topological polar surface area (TPSA) is 12.4 Å². The average molecular weight is 106 g/mol. The monoisotopic (exact) mass is 105 g/mol. The van der Waals surface area contributed by atoms with Crippen molar-refractivity contribution in [1.82, 2.24) is 0 Å². The molecule has 0 N–H and O–H groups in total. The first-order valence-corrected chi connectivity index (χ1v) is 2.30. The van der Waals surface area contributed by atoms with Gasteiger partial charge in [-0.15, -0.1) is 0 Å². The van der Waals surface area contributed by atoms with Crippen molar-refractivity contribution in [2.24, 2.45) is 4.99 Å². The lowest BCUT2D eigenvalue weighted by Crippen LogP contribution is -1.78. The minimum Gasteiger partial charge on any atom is -0.281 e. The SMILES string of the molecule is CCC(Cl)=NC. The summed E-state index contributed by atoms with van der Waals surface area (Å²) in [7, 11) is 1.69. The van der Waals surface area contributed by atoms with E-state index in [0.717, 1.165) is 6.42 Å². The van der Waals surface area contributed by atoms with Crippen molar-refractivity contribution in [3.8, 4) is 0 Å². The molecule has 0 aromatic rings. The van der Waals surface area contributed by atoms with Crippen molar-refractivity contribution in [2.75, 3.05) is 7.05 Å². The molecule has 6 heavy (non-hydrogen) atoms. The lowest BCUT2D eigenvalue weighted by molar-refractivity contribution is 1.28. The van der Waals surface area contributed by atoms with Gasteiger partial charge < -0.3 is 0 Å². The zero-order valence-corrected chi connectivity index (χ0v) is 4.79. The van der Waals surface area contributed by atoms with E-state index in [-0.39, 0.29) is 0 Å². The Hall–Kier alpha value is -0.0400. The molecule has 36 valence electrons. The van der Waals surface area contributed by atoms with Crippen LogP contribution < -0.4 is 0 Å². The molecule has 0 amide bonds. The van der Waals surface area contributed by atoms with Crippen LogP contribution in [0.25, 0.3) is 0 Å². The Labute approximate surface area is 43.0 Å². The van der Waals surface area contributed by atoms with Crippen LogP contribution in [-0.4, -0.2) is 12.2 Å². The maximum absolute atomic E-state index is 5.40. The van der Waals surface area contributed by atoms with Gasteiger partial charge in [0.15, 0.2) is 0 Å². The highest BCUT2D eigenvalue weighted by atomic mass is 35.5. The molecular formula is C4H8ClN. The Morgan fingerprint density at radius 1 is 1.83 bits per heavy atom. The number of halogens is 1. The highest BCUT2D eigenvalue weighted by Gasteiger charge is 1.78. The zero-order chi connectivity index (χ0) is 4.99. The first kappa shape index (κ1) is 5.96. The second-order valence-corrected chi connectivity index (χ2v) is 1.39. The van der Waals surface area contributed by atoms with Gasteiger partial charge in [0.25, 0.3) is 0 Å². The van der Waals surface area contributed by atoms with Crippen LogP contribution in [0, 0.1) is 0 Å². The Bertz CT molecular complexity index is 58.6. The van der Waals surface area contributed by atoms with Gasteiger partial charge in [-0.2, -0.15) is 0 Å². The molecule has 0 aliphatic heterocycles. The van der Waals surface area contributed by atoms with Gasteiger partial charge in [0.05, 0.1) is 5.17 Å². The Balaban J connectivity index is 3.22. The summed E-state index contributed by atoms with van der Waals surface area (Å²) in [6, 6.07) is 0.